The normalized spacial score (nSPS) is 11.9. The molecule has 0 aliphatic rings. The van der Waals surface area contributed by atoms with Crippen molar-refractivity contribution < 1.29 is 17.7 Å². The highest BCUT2D eigenvalue weighted by Gasteiger charge is 2.25. The van der Waals surface area contributed by atoms with E-state index in [1.165, 1.54) is 36.5 Å². The van der Waals surface area contributed by atoms with Gasteiger partial charge >= 0.3 is 0 Å². The lowest BCUT2D eigenvalue weighted by molar-refractivity contribution is -0.384. The van der Waals surface area contributed by atoms with E-state index in [-0.39, 0.29) is 22.2 Å². The van der Waals surface area contributed by atoms with Crippen LogP contribution in [0.15, 0.2) is 84.0 Å². The Morgan fingerprint density at radius 3 is 2.40 bits per heavy atom. The third-order valence-electron chi connectivity index (χ3n) is 8.02. The van der Waals surface area contributed by atoms with Crippen molar-refractivity contribution in [2.75, 3.05) is 44.4 Å². The van der Waals surface area contributed by atoms with Gasteiger partial charge in [0.2, 0.25) is 5.95 Å². The first-order chi connectivity index (χ1) is 22.3. The van der Waals surface area contributed by atoms with Gasteiger partial charge in [-0.05, 0) is 69.6 Å². The van der Waals surface area contributed by atoms with Gasteiger partial charge in [0.25, 0.3) is 15.7 Å². The number of anilines is 3. The number of fused-ring (bicyclic) bond motifs is 2. The van der Waals surface area contributed by atoms with Gasteiger partial charge in [0.1, 0.15) is 11.5 Å². The topological polar surface area (TPSA) is 131 Å². The van der Waals surface area contributed by atoms with Crippen LogP contribution in [0.2, 0.25) is 0 Å². The maximum Gasteiger partial charge on any atom is 0.294 e. The minimum absolute atomic E-state index is 0.0219. The van der Waals surface area contributed by atoms with Crippen LogP contribution in [0.3, 0.4) is 0 Å². The van der Waals surface area contributed by atoms with Gasteiger partial charge < -0.3 is 19.7 Å². The Morgan fingerprint density at radius 1 is 0.957 bits per heavy atom. The standard InChI is InChI=1S/C33H33FN8O4S/c1-21-6-10-24(11-7-21)47(45,46)41-15-14-26-31(27-20-40(5)29-18-22(34)8-12-25(27)29)36-33(37-32(26)41)35-23-9-13-28(30(19-23)42(43)44)39(4)17-16-38(2)3/h6-15,18-20H,16-17H2,1-5H3,(H,35,36,37). The fourth-order valence-electron chi connectivity index (χ4n) is 5.49. The molecule has 1 N–H and O–H groups in total. The van der Waals surface area contributed by atoms with Crippen LogP contribution >= 0.6 is 0 Å². The Labute approximate surface area is 270 Å². The number of nitro benzene ring substituents is 1. The lowest BCUT2D eigenvalue weighted by atomic mass is 10.1. The third kappa shape index (κ3) is 6.00. The minimum Gasteiger partial charge on any atom is -0.368 e. The molecule has 0 radical (unpaired) electrons. The van der Waals surface area contributed by atoms with E-state index in [1.807, 2.05) is 30.8 Å². The Kier molecular flexibility index (Phi) is 8.15. The van der Waals surface area contributed by atoms with E-state index in [0.717, 1.165) is 9.54 Å². The molecule has 0 aliphatic heterocycles. The second-order valence-electron chi connectivity index (χ2n) is 11.7. The van der Waals surface area contributed by atoms with Crippen molar-refractivity contribution in [3.63, 3.8) is 0 Å². The van der Waals surface area contributed by atoms with E-state index in [9.17, 15) is 22.9 Å². The number of benzene rings is 3. The van der Waals surface area contributed by atoms with Gasteiger partial charge in [-0.25, -0.2) is 21.8 Å². The molecule has 242 valence electrons. The van der Waals surface area contributed by atoms with Gasteiger partial charge in [0.05, 0.1) is 21.0 Å². The molecule has 0 atom stereocenters. The maximum atomic E-state index is 14.2. The zero-order chi connectivity index (χ0) is 33.6. The van der Waals surface area contributed by atoms with Crippen molar-refractivity contribution in [2.45, 2.75) is 11.8 Å². The van der Waals surface area contributed by atoms with Crippen molar-refractivity contribution in [2.24, 2.45) is 7.05 Å². The molecule has 0 spiro atoms. The third-order valence-corrected chi connectivity index (χ3v) is 9.70. The first-order valence-corrected chi connectivity index (χ1v) is 16.1. The van der Waals surface area contributed by atoms with Gasteiger partial charge in [0.15, 0.2) is 5.65 Å². The molecule has 0 fully saturated rings. The summed E-state index contributed by atoms with van der Waals surface area (Å²) in [5.41, 5.74) is 3.35. The van der Waals surface area contributed by atoms with Gasteiger partial charge in [-0.15, -0.1) is 0 Å². The summed E-state index contributed by atoms with van der Waals surface area (Å²) in [4.78, 5) is 25.0. The summed E-state index contributed by atoms with van der Waals surface area (Å²) in [6.45, 7) is 3.15. The first kappa shape index (κ1) is 31.6. The zero-order valence-corrected chi connectivity index (χ0v) is 27.3. The Morgan fingerprint density at radius 2 is 1.70 bits per heavy atom. The number of halogens is 1. The quantitative estimate of drug-likeness (QED) is 0.141. The smallest absolute Gasteiger partial charge is 0.294 e. The van der Waals surface area contributed by atoms with E-state index in [1.54, 1.807) is 61.3 Å². The molecule has 3 heterocycles. The zero-order valence-electron chi connectivity index (χ0n) is 26.5. The predicted octanol–water partition coefficient (Wildman–Crippen LogP) is 5.92. The number of rotatable bonds is 10. The summed E-state index contributed by atoms with van der Waals surface area (Å²) >= 11 is 0. The predicted molar refractivity (Wildman–Crippen MR) is 181 cm³/mol. The van der Waals surface area contributed by atoms with E-state index < -0.39 is 20.8 Å². The molecule has 14 heteroatoms. The van der Waals surface area contributed by atoms with E-state index in [2.05, 4.69) is 10.3 Å². The van der Waals surface area contributed by atoms with Crippen LogP contribution in [0.25, 0.3) is 33.2 Å². The average Bonchev–Trinajstić information content (AvgIpc) is 3.61. The Bertz CT molecular complexity index is 2260. The monoisotopic (exact) mass is 656 g/mol. The van der Waals surface area contributed by atoms with Crippen molar-refractivity contribution in [1.29, 1.82) is 0 Å². The minimum atomic E-state index is -4.07. The van der Waals surface area contributed by atoms with Gasteiger partial charge in [-0.1, -0.05) is 17.7 Å². The van der Waals surface area contributed by atoms with Crippen molar-refractivity contribution >= 4 is 55.0 Å². The fourth-order valence-corrected chi connectivity index (χ4v) is 6.78. The second-order valence-corrected chi connectivity index (χ2v) is 13.5. The molecule has 0 saturated heterocycles. The molecular formula is C33H33FN8O4S. The molecule has 0 saturated carbocycles. The molecule has 3 aromatic heterocycles. The van der Waals surface area contributed by atoms with Crippen molar-refractivity contribution in [3.05, 3.63) is 101 Å². The molecule has 0 bridgehead atoms. The number of hydrogen-bond acceptors (Lipinski definition) is 9. The SMILES string of the molecule is Cc1ccc(S(=O)(=O)n2ccc3c(-c4cn(C)c5cc(F)ccc45)nc(Nc4ccc(N(C)CCN(C)C)c([N+](=O)[O-])c4)nc32)cc1. The van der Waals surface area contributed by atoms with E-state index in [0.29, 0.717) is 52.0 Å². The Hall–Kier alpha value is -5.34. The van der Waals surface area contributed by atoms with E-state index >= 15 is 0 Å². The highest BCUT2D eigenvalue weighted by atomic mass is 32.2. The molecule has 3 aromatic carbocycles. The number of nitrogens with one attached hydrogen (secondary N) is 1. The summed E-state index contributed by atoms with van der Waals surface area (Å²) in [5.74, 6) is -0.373. The summed E-state index contributed by atoms with van der Waals surface area (Å²) in [6.07, 6.45) is 3.22. The molecule has 0 unspecified atom stereocenters. The molecule has 12 nitrogen and oxygen atoms in total. The largest absolute Gasteiger partial charge is 0.368 e. The first-order valence-electron chi connectivity index (χ1n) is 14.7. The van der Waals surface area contributed by atoms with E-state index in [4.69, 9.17) is 4.98 Å². The summed E-state index contributed by atoms with van der Waals surface area (Å²) in [5, 5.41) is 16.3. The van der Waals surface area contributed by atoms with Crippen LogP contribution in [-0.2, 0) is 17.1 Å². The number of likely N-dealkylation sites (N-methyl/N-ethyl adjacent to an activating group) is 2. The number of nitrogens with zero attached hydrogens (tertiary/aromatic N) is 7. The van der Waals surface area contributed by atoms with Crippen molar-refractivity contribution in [3.8, 4) is 11.3 Å². The molecule has 6 rings (SSSR count). The number of aryl methyl sites for hydroxylation is 2. The van der Waals surface area contributed by atoms with Crippen LogP contribution in [0.5, 0.6) is 0 Å². The summed E-state index contributed by atoms with van der Waals surface area (Å²) < 4.78 is 44.8. The fraction of sp³-hybridized carbons (Fsp3) is 0.212. The van der Waals surface area contributed by atoms with Gasteiger partial charge in [-0.3, -0.25) is 10.1 Å². The number of hydrogen-bond donors (Lipinski definition) is 1. The van der Waals surface area contributed by atoms with Gasteiger partial charge in [0, 0.05) is 67.7 Å². The average molecular weight is 657 g/mol. The number of aromatic nitrogens is 4. The summed E-state index contributed by atoms with van der Waals surface area (Å²) in [7, 11) is 3.37. The highest BCUT2D eigenvalue weighted by molar-refractivity contribution is 7.90. The van der Waals surface area contributed by atoms with Crippen LogP contribution in [0.4, 0.5) is 27.4 Å². The molecule has 0 amide bonds. The van der Waals surface area contributed by atoms with Crippen LogP contribution < -0.4 is 10.2 Å². The second kappa shape index (κ2) is 12.1. The van der Waals surface area contributed by atoms with Crippen LogP contribution in [-0.4, -0.2) is 71.0 Å². The molecular weight excluding hydrogens is 623 g/mol. The molecule has 0 aliphatic carbocycles. The lowest BCUT2D eigenvalue weighted by Crippen LogP contribution is -2.28. The van der Waals surface area contributed by atoms with Crippen LogP contribution in [0, 0.1) is 22.9 Å². The molecule has 6 aromatic rings. The number of nitro groups is 1. The maximum absolute atomic E-state index is 14.2. The van der Waals surface area contributed by atoms with Crippen molar-refractivity contribution in [1.82, 2.24) is 23.4 Å². The highest BCUT2D eigenvalue weighted by Crippen LogP contribution is 2.37. The lowest BCUT2D eigenvalue weighted by Gasteiger charge is -2.21. The van der Waals surface area contributed by atoms with Crippen LogP contribution in [0.1, 0.15) is 5.56 Å². The Balaban J connectivity index is 1.51. The van der Waals surface area contributed by atoms with Gasteiger partial charge in [-0.2, -0.15) is 4.98 Å². The molecule has 47 heavy (non-hydrogen) atoms. The summed E-state index contributed by atoms with van der Waals surface area (Å²) in [6, 6.07) is 17.3.